The minimum Gasteiger partial charge on any atom is -0.434 e. The van der Waals surface area contributed by atoms with Crippen LogP contribution in [0.4, 0.5) is 0 Å². The molecule has 0 aliphatic rings. The lowest BCUT2D eigenvalue weighted by Crippen LogP contribution is -2.23. The van der Waals surface area contributed by atoms with Gasteiger partial charge in [-0.15, -0.1) is 0 Å². The molecule has 4 aromatic rings. The number of hydrogen-bond donors (Lipinski definition) is 1. The van der Waals surface area contributed by atoms with E-state index < -0.39 is 0 Å². The monoisotopic (exact) mass is 397 g/mol. The minimum atomic E-state index is -0.281. The van der Waals surface area contributed by atoms with Gasteiger partial charge in [0.05, 0.1) is 10.6 Å². The van der Waals surface area contributed by atoms with E-state index in [9.17, 15) is 4.79 Å². The maximum Gasteiger partial charge on any atom is 0.253 e. The number of aromatic nitrogens is 2. The van der Waals surface area contributed by atoms with Crippen molar-refractivity contribution < 1.29 is 9.21 Å². The van der Waals surface area contributed by atoms with Crippen molar-refractivity contribution in [2.45, 2.75) is 6.54 Å². The van der Waals surface area contributed by atoms with Crippen molar-refractivity contribution in [3.63, 3.8) is 0 Å². The average Bonchev–Trinajstić information content (AvgIpc) is 3.12. The topological polar surface area (TPSA) is 68.0 Å². The van der Waals surface area contributed by atoms with Crippen molar-refractivity contribution in [1.82, 2.24) is 15.3 Å². The van der Waals surface area contributed by atoms with Crippen molar-refractivity contribution in [3.8, 4) is 11.5 Å². The van der Waals surface area contributed by atoms with Crippen molar-refractivity contribution in [3.05, 3.63) is 82.0 Å². The number of amides is 1. The van der Waals surface area contributed by atoms with Gasteiger partial charge in [0.2, 0.25) is 5.89 Å². The zero-order valence-electron chi connectivity index (χ0n) is 13.9. The molecule has 1 amide bonds. The summed E-state index contributed by atoms with van der Waals surface area (Å²) in [6.07, 6.45) is 1.67. The number of carbonyl (C=O) groups excluding carboxylic acids is 1. The van der Waals surface area contributed by atoms with Gasteiger partial charge in [-0.2, -0.15) is 4.98 Å². The van der Waals surface area contributed by atoms with E-state index in [1.165, 1.54) is 0 Å². The highest BCUT2D eigenvalue weighted by atomic mass is 35.5. The molecule has 0 spiro atoms. The van der Waals surface area contributed by atoms with Gasteiger partial charge in [0, 0.05) is 23.3 Å². The van der Waals surface area contributed by atoms with E-state index in [-0.39, 0.29) is 5.91 Å². The van der Waals surface area contributed by atoms with Crippen molar-refractivity contribution >= 4 is 40.3 Å². The number of nitrogens with zero attached hydrogens (tertiary/aromatic N) is 2. The van der Waals surface area contributed by atoms with Crippen LogP contribution < -0.4 is 5.32 Å². The molecule has 0 saturated carbocycles. The van der Waals surface area contributed by atoms with Crippen LogP contribution in [0.15, 0.2) is 65.2 Å². The highest BCUT2D eigenvalue weighted by Crippen LogP contribution is 2.23. The molecule has 0 atom stereocenters. The van der Waals surface area contributed by atoms with Crippen LogP contribution in [0.25, 0.3) is 22.7 Å². The molecule has 0 saturated heterocycles. The Morgan fingerprint density at radius 3 is 2.67 bits per heavy atom. The van der Waals surface area contributed by atoms with E-state index in [2.05, 4.69) is 15.3 Å². The molecule has 2 aromatic heterocycles. The summed E-state index contributed by atoms with van der Waals surface area (Å²) in [6, 6.07) is 16.0. The van der Waals surface area contributed by atoms with Gasteiger partial charge in [0.1, 0.15) is 0 Å². The lowest BCUT2D eigenvalue weighted by molar-refractivity contribution is 0.0951. The van der Waals surface area contributed by atoms with Crippen LogP contribution in [0.5, 0.6) is 0 Å². The van der Waals surface area contributed by atoms with E-state index in [0.29, 0.717) is 39.3 Å². The minimum absolute atomic E-state index is 0.281. The Labute approximate surface area is 165 Å². The average molecular weight is 398 g/mol. The van der Waals surface area contributed by atoms with Crippen molar-refractivity contribution in [2.75, 3.05) is 0 Å². The van der Waals surface area contributed by atoms with Gasteiger partial charge < -0.3 is 9.73 Å². The molecule has 2 aromatic carbocycles. The highest BCUT2D eigenvalue weighted by Gasteiger charge is 2.12. The zero-order chi connectivity index (χ0) is 18.8. The summed E-state index contributed by atoms with van der Waals surface area (Å²) >= 11 is 12.0. The zero-order valence-corrected chi connectivity index (χ0v) is 15.5. The standard InChI is InChI=1S/C20H13Cl2N3O2/c21-14-7-8-16(22)15(10-14)19(26)24-11-12-3-5-13(6-4-12)20-25-18-17(27-20)2-1-9-23-18/h1-10H,11H2,(H,24,26). The molecule has 0 unspecified atom stereocenters. The Bertz CT molecular complexity index is 1090. The Morgan fingerprint density at radius 1 is 1.07 bits per heavy atom. The number of benzene rings is 2. The fourth-order valence-corrected chi connectivity index (χ4v) is 2.98. The number of rotatable bonds is 4. The smallest absolute Gasteiger partial charge is 0.253 e. The summed E-state index contributed by atoms with van der Waals surface area (Å²) in [5, 5.41) is 3.65. The first-order valence-corrected chi connectivity index (χ1v) is 8.90. The second kappa shape index (κ2) is 7.39. The van der Waals surface area contributed by atoms with Crippen LogP contribution in [0, 0.1) is 0 Å². The highest BCUT2D eigenvalue weighted by molar-refractivity contribution is 6.35. The summed E-state index contributed by atoms with van der Waals surface area (Å²) in [6.45, 7) is 0.358. The SMILES string of the molecule is O=C(NCc1ccc(-c2nc3ncccc3o2)cc1)c1cc(Cl)ccc1Cl. The second-order valence-electron chi connectivity index (χ2n) is 5.85. The fourth-order valence-electron chi connectivity index (χ4n) is 2.61. The number of carbonyl (C=O) groups is 1. The largest absolute Gasteiger partial charge is 0.434 e. The molecule has 0 aliphatic carbocycles. The molecule has 4 rings (SSSR count). The van der Waals surface area contributed by atoms with Gasteiger partial charge in [-0.25, -0.2) is 4.98 Å². The van der Waals surface area contributed by atoms with Gasteiger partial charge in [0.25, 0.3) is 5.91 Å². The summed E-state index contributed by atoms with van der Waals surface area (Å²) in [5.74, 6) is 0.224. The number of halogens is 2. The maximum atomic E-state index is 12.3. The molecular weight excluding hydrogens is 385 g/mol. The molecule has 5 nitrogen and oxygen atoms in total. The first-order valence-electron chi connectivity index (χ1n) is 8.14. The summed E-state index contributed by atoms with van der Waals surface area (Å²) < 4.78 is 5.70. The van der Waals surface area contributed by atoms with Crippen molar-refractivity contribution in [2.24, 2.45) is 0 Å². The first kappa shape index (κ1) is 17.5. The number of pyridine rings is 1. The molecule has 1 N–H and O–H groups in total. The van der Waals surface area contributed by atoms with E-state index in [1.54, 1.807) is 30.5 Å². The third-order valence-electron chi connectivity index (χ3n) is 3.99. The molecule has 0 bridgehead atoms. The van der Waals surface area contributed by atoms with E-state index in [0.717, 1.165) is 11.1 Å². The van der Waals surface area contributed by atoms with Crippen LogP contribution in [0.1, 0.15) is 15.9 Å². The third-order valence-corrected chi connectivity index (χ3v) is 4.56. The number of nitrogens with one attached hydrogen (secondary N) is 1. The molecule has 27 heavy (non-hydrogen) atoms. The number of hydrogen-bond acceptors (Lipinski definition) is 4. The quantitative estimate of drug-likeness (QED) is 0.518. The Hall–Kier alpha value is -2.89. The molecule has 2 heterocycles. The normalized spacial score (nSPS) is 10.9. The van der Waals surface area contributed by atoms with Crippen LogP contribution >= 0.6 is 23.2 Å². The van der Waals surface area contributed by atoms with Gasteiger partial charge >= 0.3 is 0 Å². The predicted octanol–water partition coefficient (Wildman–Crippen LogP) is 5.13. The molecule has 0 radical (unpaired) electrons. The Morgan fingerprint density at radius 2 is 1.89 bits per heavy atom. The summed E-state index contributed by atoms with van der Waals surface area (Å²) in [7, 11) is 0. The molecule has 0 fully saturated rings. The van der Waals surface area contributed by atoms with Gasteiger partial charge in [-0.1, -0.05) is 35.3 Å². The van der Waals surface area contributed by atoms with E-state index in [1.807, 2.05) is 30.3 Å². The fraction of sp³-hybridized carbons (Fsp3) is 0.0500. The maximum absolute atomic E-state index is 12.3. The number of fused-ring (bicyclic) bond motifs is 1. The molecule has 0 aliphatic heterocycles. The summed E-state index contributed by atoms with van der Waals surface area (Å²) in [4.78, 5) is 20.8. The summed E-state index contributed by atoms with van der Waals surface area (Å²) in [5.41, 5.74) is 3.32. The molecule has 134 valence electrons. The predicted molar refractivity (Wildman–Crippen MR) is 105 cm³/mol. The van der Waals surface area contributed by atoms with Gasteiger partial charge in [-0.3, -0.25) is 4.79 Å². The third kappa shape index (κ3) is 3.79. The molecular formula is C20H13Cl2N3O2. The van der Waals surface area contributed by atoms with E-state index >= 15 is 0 Å². The van der Waals surface area contributed by atoms with Crippen LogP contribution in [-0.4, -0.2) is 15.9 Å². The molecule has 7 heteroatoms. The van der Waals surface area contributed by atoms with Crippen molar-refractivity contribution in [1.29, 1.82) is 0 Å². The first-order chi connectivity index (χ1) is 13.1. The number of oxazole rings is 1. The second-order valence-corrected chi connectivity index (χ2v) is 6.69. The lowest BCUT2D eigenvalue weighted by atomic mass is 10.1. The van der Waals surface area contributed by atoms with Crippen LogP contribution in [0.3, 0.4) is 0 Å². The van der Waals surface area contributed by atoms with Crippen LogP contribution in [-0.2, 0) is 6.54 Å². The van der Waals surface area contributed by atoms with E-state index in [4.69, 9.17) is 27.6 Å². The lowest BCUT2D eigenvalue weighted by Gasteiger charge is -2.08. The Kier molecular flexibility index (Phi) is 4.79. The van der Waals surface area contributed by atoms with Crippen LogP contribution in [0.2, 0.25) is 10.0 Å². The van der Waals surface area contributed by atoms with Gasteiger partial charge in [-0.05, 0) is 48.0 Å². The van der Waals surface area contributed by atoms with Gasteiger partial charge in [0.15, 0.2) is 11.2 Å². The Balaban J connectivity index is 1.46.